The molecule has 2 fully saturated rings. The van der Waals surface area contributed by atoms with Crippen LogP contribution in [0.3, 0.4) is 0 Å². The molecule has 0 aliphatic heterocycles. The van der Waals surface area contributed by atoms with Crippen molar-refractivity contribution in [2.24, 2.45) is 11.8 Å². The van der Waals surface area contributed by atoms with Crippen LogP contribution in [0, 0.1) is 11.8 Å². The molecule has 3 unspecified atom stereocenters. The first kappa shape index (κ1) is 13.7. The van der Waals surface area contributed by atoms with Gasteiger partial charge in [-0.1, -0.05) is 26.7 Å². The van der Waals surface area contributed by atoms with Crippen molar-refractivity contribution in [1.29, 1.82) is 0 Å². The van der Waals surface area contributed by atoms with E-state index < -0.39 is 0 Å². The van der Waals surface area contributed by atoms with Gasteiger partial charge < -0.3 is 10.6 Å². The molecular formula is C16H26N4. The number of rotatable bonds is 4. The molecule has 0 radical (unpaired) electrons. The zero-order valence-electron chi connectivity index (χ0n) is 12.8. The molecule has 0 amide bonds. The normalized spacial score (nSPS) is 30.1. The van der Waals surface area contributed by atoms with Crippen LogP contribution in [-0.2, 0) is 0 Å². The largest absolute Gasteiger partial charge is 0.373 e. The Balaban J connectivity index is 1.77. The highest BCUT2D eigenvalue weighted by atomic mass is 15.1. The first-order valence-corrected chi connectivity index (χ1v) is 8.00. The van der Waals surface area contributed by atoms with Gasteiger partial charge in [-0.05, 0) is 31.1 Å². The summed E-state index contributed by atoms with van der Waals surface area (Å²) >= 11 is 0. The fourth-order valence-corrected chi connectivity index (χ4v) is 3.17. The van der Waals surface area contributed by atoms with Gasteiger partial charge in [0.05, 0.1) is 0 Å². The van der Waals surface area contributed by atoms with Crippen LogP contribution >= 0.6 is 0 Å². The summed E-state index contributed by atoms with van der Waals surface area (Å²) in [7, 11) is 1.92. The lowest BCUT2D eigenvalue weighted by Crippen LogP contribution is -2.35. The Morgan fingerprint density at radius 1 is 1.05 bits per heavy atom. The first-order chi connectivity index (χ1) is 9.67. The zero-order valence-corrected chi connectivity index (χ0v) is 12.8. The van der Waals surface area contributed by atoms with E-state index in [2.05, 4.69) is 29.5 Å². The Morgan fingerprint density at radius 3 is 2.50 bits per heavy atom. The second-order valence-electron chi connectivity index (χ2n) is 6.54. The van der Waals surface area contributed by atoms with Gasteiger partial charge in [0.1, 0.15) is 17.5 Å². The van der Waals surface area contributed by atoms with Gasteiger partial charge in [-0.2, -0.15) is 0 Å². The number of anilines is 2. The molecule has 1 heterocycles. The van der Waals surface area contributed by atoms with Gasteiger partial charge in [0.2, 0.25) is 0 Å². The van der Waals surface area contributed by atoms with E-state index in [1.165, 1.54) is 32.1 Å². The van der Waals surface area contributed by atoms with E-state index in [0.717, 1.165) is 23.4 Å². The highest BCUT2D eigenvalue weighted by Gasteiger charge is 2.29. The van der Waals surface area contributed by atoms with Crippen LogP contribution in [0.15, 0.2) is 6.07 Å². The standard InChI is InChI=1S/C16H26N4/c1-10-5-4-6-13(11(10)2)18-15-9-14(17-3)19-16(20-15)12-7-8-12/h9-13H,4-8H2,1-3H3,(H2,17,18,19,20). The van der Waals surface area contributed by atoms with Crippen molar-refractivity contribution in [2.75, 3.05) is 17.7 Å². The topological polar surface area (TPSA) is 49.8 Å². The predicted octanol–water partition coefficient (Wildman–Crippen LogP) is 3.63. The Labute approximate surface area is 121 Å². The Morgan fingerprint density at radius 2 is 1.80 bits per heavy atom. The molecule has 2 N–H and O–H groups in total. The predicted molar refractivity (Wildman–Crippen MR) is 83.1 cm³/mol. The van der Waals surface area contributed by atoms with E-state index >= 15 is 0 Å². The zero-order chi connectivity index (χ0) is 14.1. The van der Waals surface area contributed by atoms with Crippen LogP contribution in [0.1, 0.15) is 57.7 Å². The first-order valence-electron chi connectivity index (χ1n) is 8.00. The Bertz CT molecular complexity index is 470. The van der Waals surface area contributed by atoms with E-state index in [-0.39, 0.29) is 0 Å². The molecule has 2 aliphatic rings. The molecule has 20 heavy (non-hydrogen) atoms. The van der Waals surface area contributed by atoms with Crippen molar-refractivity contribution in [2.45, 2.75) is 57.9 Å². The number of hydrogen-bond donors (Lipinski definition) is 2. The average molecular weight is 274 g/mol. The summed E-state index contributed by atoms with van der Waals surface area (Å²) in [5, 5.41) is 6.82. The van der Waals surface area contributed by atoms with Gasteiger partial charge in [0.25, 0.3) is 0 Å². The summed E-state index contributed by atoms with van der Waals surface area (Å²) in [5.74, 6) is 5.04. The number of hydrogen-bond acceptors (Lipinski definition) is 4. The molecule has 0 saturated heterocycles. The summed E-state index contributed by atoms with van der Waals surface area (Å²) in [6, 6.07) is 2.59. The molecule has 0 aromatic carbocycles. The van der Waals surface area contributed by atoms with Crippen LogP contribution < -0.4 is 10.6 Å². The SMILES string of the molecule is CNc1cc(NC2CCCC(C)C2C)nc(C2CC2)n1. The van der Waals surface area contributed by atoms with Crippen molar-refractivity contribution in [3.63, 3.8) is 0 Å². The van der Waals surface area contributed by atoms with E-state index in [9.17, 15) is 0 Å². The van der Waals surface area contributed by atoms with Crippen LogP contribution in [0.4, 0.5) is 11.6 Å². The lowest BCUT2D eigenvalue weighted by Gasteiger charge is -2.35. The van der Waals surface area contributed by atoms with Crippen molar-refractivity contribution >= 4 is 11.6 Å². The Kier molecular flexibility index (Phi) is 3.81. The lowest BCUT2D eigenvalue weighted by atomic mass is 9.78. The molecule has 110 valence electrons. The summed E-state index contributed by atoms with van der Waals surface area (Å²) in [6.07, 6.45) is 6.41. The molecule has 2 aliphatic carbocycles. The van der Waals surface area contributed by atoms with Gasteiger partial charge >= 0.3 is 0 Å². The second-order valence-corrected chi connectivity index (χ2v) is 6.54. The molecule has 0 spiro atoms. The van der Waals surface area contributed by atoms with Crippen LogP contribution in [0.2, 0.25) is 0 Å². The van der Waals surface area contributed by atoms with Crippen molar-refractivity contribution < 1.29 is 0 Å². The van der Waals surface area contributed by atoms with Crippen LogP contribution in [0.25, 0.3) is 0 Å². The molecule has 3 atom stereocenters. The smallest absolute Gasteiger partial charge is 0.136 e. The van der Waals surface area contributed by atoms with E-state index in [4.69, 9.17) is 4.98 Å². The highest BCUT2D eigenvalue weighted by Crippen LogP contribution is 2.39. The monoisotopic (exact) mass is 274 g/mol. The third-order valence-corrected chi connectivity index (χ3v) is 4.98. The van der Waals surface area contributed by atoms with Crippen molar-refractivity contribution in [1.82, 2.24) is 9.97 Å². The number of aromatic nitrogens is 2. The summed E-state index contributed by atoms with van der Waals surface area (Å²) in [6.45, 7) is 4.73. The summed E-state index contributed by atoms with van der Waals surface area (Å²) in [4.78, 5) is 9.31. The molecular weight excluding hydrogens is 248 g/mol. The molecule has 1 aromatic heterocycles. The maximum absolute atomic E-state index is 4.73. The minimum absolute atomic E-state index is 0.547. The number of nitrogens with zero attached hydrogens (tertiary/aromatic N) is 2. The molecule has 4 nitrogen and oxygen atoms in total. The average Bonchev–Trinajstić information content (AvgIpc) is 3.28. The fourth-order valence-electron chi connectivity index (χ4n) is 3.17. The summed E-state index contributed by atoms with van der Waals surface area (Å²) < 4.78 is 0. The summed E-state index contributed by atoms with van der Waals surface area (Å²) in [5.41, 5.74) is 0. The minimum atomic E-state index is 0.547. The maximum Gasteiger partial charge on any atom is 0.136 e. The minimum Gasteiger partial charge on any atom is -0.373 e. The molecule has 1 aromatic rings. The van der Waals surface area contributed by atoms with E-state index in [1.807, 2.05) is 13.1 Å². The van der Waals surface area contributed by atoms with Gasteiger partial charge in [0.15, 0.2) is 0 Å². The molecule has 0 bridgehead atoms. The molecule has 2 saturated carbocycles. The molecule has 4 heteroatoms. The van der Waals surface area contributed by atoms with Gasteiger partial charge in [-0.3, -0.25) is 0 Å². The van der Waals surface area contributed by atoms with Crippen molar-refractivity contribution in [3.05, 3.63) is 11.9 Å². The Hall–Kier alpha value is -1.32. The lowest BCUT2D eigenvalue weighted by molar-refractivity contribution is 0.253. The third kappa shape index (κ3) is 2.89. The van der Waals surface area contributed by atoms with Gasteiger partial charge in [-0.25, -0.2) is 9.97 Å². The highest BCUT2D eigenvalue weighted by molar-refractivity contribution is 5.48. The quantitative estimate of drug-likeness (QED) is 0.880. The van der Waals surface area contributed by atoms with Gasteiger partial charge in [0, 0.05) is 25.1 Å². The van der Waals surface area contributed by atoms with Crippen LogP contribution in [0.5, 0.6) is 0 Å². The van der Waals surface area contributed by atoms with Crippen LogP contribution in [-0.4, -0.2) is 23.1 Å². The third-order valence-electron chi connectivity index (χ3n) is 4.98. The van der Waals surface area contributed by atoms with Crippen molar-refractivity contribution in [3.8, 4) is 0 Å². The van der Waals surface area contributed by atoms with E-state index in [1.54, 1.807) is 0 Å². The maximum atomic E-state index is 4.73. The number of nitrogens with one attached hydrogen (secondary N) is 2. The fraction of sp³-hybridized carbons (Fsp3) is 0.750. The molecule has 3 rings (SSSR count). The second kappa shape index (κ2) is 5.58. The van der Waals surface area contributed by atoms with E-state index in [0.29, 0.717) is 17.9 Å². The van der Waals surface area contributed by atoms with Gasteiger partial charge in [-0.15, -0.1) is 0 Å².